The van der Waals surface area contributed by atoms with E-state index in [1.54, 1.807) is 25.3 Å². The maximum atomic E-state index is 12.2. The number of methoxy groups -OCH3 is 1. The van der Waals surface area contributed by atoms with Gasteiger partial charge in [0, 0.05) is 6.20 Å². The maximum Gasteiger partial charge on any atom is 0.274 e. The van der Waals surface area contributed by atoms with Crippen LogP contribution in [0.4, 0.5) is 0 Å². The number of amides is 1. The predicted molar refractivity (Wildman–Crippen MR) is 138 cm³/mol. The number of aromatic nitrogens is 1. The molecule has 166 valence electrons. The Balaban J connectivity index is 1.49. The average molecular weight is 572 g/mol. The lowest BCUT2D eigenvalue weighted by Crippen LogP contribution is -2.18. The van der Waals surface area contributed by atoms with E-state index < -0.39 is 5.91 Å². The summed E-state index contributed by atoms with van der Waals surface area (Å²) in [5.74, 6) is 0.778. The van der Waals surface area contributed by atoms with Crippen molar-refractivity contribution in [1.29, 1.82) is 0 Å². The van der Waals surface area contributed by atoms with Gasteiger partial charge in [-0.2, -0.15) is 5.10 Å². The Kier molecular flexibility index (Phi) is 7.41. The van der Waals surface area contributed by atoms with Crippen LogP contribution in [0.5, 0.6) is 11.5 Å². The van der Waals surface area contributed by atoms with E-state index in [0.29, 0.717) is 18.1 Å². The Bertz CT molecular complexity index is 1340. The third kappa shape index (κ3) is 5.43. The summed E-state index contributed by atoms with van der Waals surface area (Å²) in [7, 11) is 1.59. The lowest BCUT2D eigenvalue weighted by atomic mass is 10.1. The number of pyridine rings is 1. The molecule has 8 heteroatoms. The number of benzene rings is 3. The van der Waals surface area contributed by atoms with Crippen molar-refractivity contribution in [1.82, 2.24) is 10.4 Å². The molecule has 0 spiro atoms. The molecule has 1 aromatic heterocycles. The van der Waals surface area contributed by atoms with Crippen molar-refractivity contribution in [2.45, 2.75) is 6.61 Å². The van der Waals surface area contributed by atoms with Gasteiger partial charge >= 0.3 is 0 Å². The van der Waals surface area contributed by atoms with E-state index >= 15 is 0 Å². The van der Waals surface area contributed by atoms with Crippen LogP contribution in [-0.2, 0) is 6.61 Å². The van der Waals surface area contributed by atoms with Crippen molar-refractivity contribution >= 4 is 57.1 Å². The van der Waals surface area contributed by atoms with Crippen molar-refractivity contribution in [3.8, 4) is 11.5 Å². The molecule has 1 heterocycles. The maximum absolute atomic E-state index is 12.2. The number of ether oxygens (including phenoxy) is 2. The fourth-order valence-electron chi connectivity index (χ4n) is 3.30. The number of nitrogens with zero attached hydrogens (tertiary/aromatic N) is 2. The molecule has 33 heavy (non-hydrogen) atoms. The minimum atomic E-state index is -0.443. The Labute approximate surface area is 209 Å². The molecular formula is C25H19ClIN3O3. The Morgan fingerprint density at radius 3 is 2.79 bits per heavy atom. The predicted octanol–water partition coefficient (Wildman–Crippen LogP) is 5.84. The number of hydrogen-bond donors (Lipinski definition) is 1. The Morgan fingerprint density at radius 2 is 1.97 bits per heavy atom. The first-order valence-corrected chi connectivity index (χ1v) is 11.4. The van der Waals surface area contributed by atoms with Gasteiger partial charge in [0.15, 0.2) is 11.5 Å². The monoisotopic (exact) mass is 571 g/mol. The summed E-state index contributed by atoms with van der Waals surface area (Å²) in [6.07, 6.45) is 3.04. The van der Waals surface area contributed by atoms with Gasteiger partial charge in [-0.3, -0.25) is 4.79 Å². The van der Waals surface area contributed by atoms with Gasteiger partial charge in [-0.05, 0) is 68.8 Å². The van der Waals surface area contributed by atoms with Crippen LogP contribution in [0.15, 0.2) is 78.0 Å². The second-order valence-electron chi connectivity index (χ2n) is 7.00. The van der Waals surface area contributed by atoms with E-state index in [4.69, 9.17) is 21.1 Å². The largest absolute Gasteiger partial charge is 0.493 e. The van der Waals surface area contributed by atoms with Gasteiger partial charge in [-0.25, -0.2) is 10.4 Å². The van der Waals surface area contributed by atoms with Gasteiger partial charge in [-0.15, -0.1) is 0 Å². The van der Waals surface area contributed by atoms with E-state index in [0.717, 1.165) is 20.1 Å². The van der Waals surface area contributed by atoms with Crippen LogP contribution in [0.1, 0.15) is 21.5 Å². The topological polar surface area (TPSA) is 72.8 Å². The van der Waals surface area contributed by atoms with Crippen molar-refractivity contribution in [2.24, 2.45) is 5.10 Å². The zero-order valence-electron chi connectivity index (χ0n) is 17.6. The van der Waals surface area contributed by atoms with E-state index in [2.05, 4.69) is 62.4 Å². The van der Waals surface area contributed by atoms with Gasteiger partial charge in [0.2, 0.25) is 0 Å². The molecule has 0 radical (unpaired) electrons. The highest BCUT2D eigenvalue weighted by molar-refractivity contribution is 14.1. The highest BCUT2D eigenvalue weighted by Crippen LogP contribution is 2.34. The number of carbonyl (C=O) groups excluding carboxylic acids is 1. The number of halogens is 2. The molecule has 0 aliphatic heterocycles. The van der Waals surface area contributed by atoms with Crippen LogP contribution in [-0.4, -0.2) is 24.2 Å². The number of hydrazone groups is 1. The first-order chi connectivity index (χ1) is 16.1. The van der Waals surface area contributed by atoms with Crippen molar-refractivity contribution < 1.29 is 14.3 Å². The molecule has 0 atom stereocenters. The third-order valence-corrected chi connectivity index (χ3v) is 5.99. The summed E-state index contributed by atoms with van der Waals surface area (Å²) in [5, 5.41) is 6.46. The molecule has 0 bridgehead atoms. The quantitative estimate of drug-likeness (QED) is 0.131. The molecule has 1 N–H and O–H groups in total. The summed E-state index contributed by atoms with van der Waals surface area (Å²) in [6, 6.07) is 21.3. The molecule has 4 aromatic rings. The van der Waals surface area contributed by atoms with Gasteiger partial charge in [-0.1, -0.05) is 54.1 Å². The minimum absolute atomic E-state index is 0.120. The van der Waals surface area contributed by atoms with Gasteiger partial charge in [0.1, 0.15) is 11.8 Å². The van der Waals surface area contributed by atoms with Crippen LogP contribution in [0, 0.1) is 3.57 Å². The van der Waals surface area contributed by atoms with Crippen LogP contribution < -0.4 is 14.9 Å². The zero-order chi connectivity index (χ0) is 23.2. The van der Waals surface area contributed by atoms with Crippen LogP contribution in [0.25, 0.3) is 10.8 Å². The number of carbonyl (C=O) groups is 1. The molecule has 0 fully saturated rings. The van der Waals surface area contributed by atoms with Crippen LogP contribution >= 0.6 is 34.2 Å². The summed E-state index contributed by atoms with van der Waals surface area (Å²) in [6.45, 7) is 0.406. The van der Waals surface area contributed by atoms with E-state index in [9.17, 15) is 4.79 Å². The van der Waals surface area contributed by atoms with Crippen molar-refractivity contribution in [3.05, 3.63) is 98.3 Å². The van der Waals surface area contributed by atoms with Crippen LogP contribution in [0.3, 0.4) is 0 Å². The molecule has 1 amide bonds. The smallest absolute Gasteiger partial charge is 0.274 e. The van der Waals surface area contributed by atoms with Gasteiger partial charge < -0.3 is 9.47 Å². The molecule has 0 saturated carbocycles. The standard InChI is InChI=1S/C25H19ClIN3O3/c1-32-22-13-16(14-29-30-25(31)20-10-5-11-28-24(20)26)12-21(27)23(22)33-15-18-8-4-7-17-6-2-3-9-19(17)18/h2-14H,15H2,1H3,(H,30,31). The Morgan fingerprint density at radius 1 is 1.15 bits per heavy atom. The lowest BCUT2D eigenvalue weighted by Gasteiger charge is -2.14. The number of hydrogen-bond acceptors (Lipinski definition) is 5. The van der Waals surface area contributed by atoms with Gasteiger partial charge in [0.05, 0.1) is 22.5 Å². The molecule has 0 unspecified atom stereocenters. The average Bonchev–Trinajstić information content (AvgIpc) is 2.83. The molecular weight excluding hydrogens is 553 g/mol. The van der Waals surface area contributed by atoms with Crippen LogP contribution in [0.2, 0.25) is 5.15 Å². The minimum Gasteiger partial charge on any atom is -0.493 e. The fourth-order valence-corrected chi connectivity index (χ4v) is 4.29. The van der Waals surface area contributed by atoms with E-state index in [-0.39, 0.29) is 10.7 Å². The molecule has 0 saturated heterocycles. The van der Waals surface area contributed by atoms with Crippen molar-refractivity contribution in [2.75, 3.05) is 7.11 Å². The molecule has 4 rings (SSSR count). The molecule has 3 aromatic carbocycles. The van der Waals surface area contributed by atoms with E-state index in [1.807, 2.05) is 24.3 Å². The van der Waals surface area contributed by atoms with Crippen molar-refractivity contribution in [3.63, 3.8) is 0 Å². The third-order valence-electron chi connectivity index (χ3n) is 4.89. The summed E-state index contributed by atoms with van der Waals surface area (Å²) in [5.41, 5.74) is 4.54. The second kappa shape index (κ2) is 10.6. The molecule has 6 nitrogen and oxygen atoms in total. The van der Waals surface area contributed by atoms with E-state index in [1.165, 1.54) is 17.8 Å². The SMILES string of the molecule is COc1cc(C=NNC(=O)c2cccnc2Cl)cc(I)c1OCc1cccc2ccccc12. The Hall–Kier alpha value is -3.17. The zero-order valence-corrected chi connectivity index (χ0v) is 20.5. The summed E-state index contributed by atoms with van der Waals surface area (Å²) < 4.78 is 12.6. The highest BCUT2D eigenvalue weighted by Gasteiger charge is 2.13. The van der Waals surface area contributed by atoms with Gasteiger partial charge in [0.25, 0.3) is 5.91 Å². The first kappa shape index (κ1) is 23.0. The second-order valence-corrected chi connectivity index (χ2v) is 8.52. The number of fused-ring (bicyclic) bond motifs is 1. The fraction of sp³-hybridized carbons (Fsp3) is 0.0800. The summed E-state index contributed by atoms with van der Waals surface area (Å²) >= 11 is 8.14. The lowest BCUT2D eigenvalue weighted by molar-refractivity contribution is 0.0955. The first-order valence-electron chi connectivity index (χ1n) is 9.97. The number of nitrogens with one attached hydrogen (secondary N) is 1. The number of rotatable bonds is 7. The summed E-state index contributed by atoms with van der Waals surface area (Å²) in [4.78, 5) is 16.1. The molecule has 0 aliphatic rings. The highest BCUT2D eigenvalue weighted by atomic mass is 127. The normalized spacial score (nSPS) is 11.0. The molecule has 0 aliphatic carbocycles.